The van der Waals surface area contributed by atoms with Crippen molar-refractivity contribution in [3.8, 4) is 0 Å². The third-order valence-electron chi connectivity index (χ3n) is 6.75. The first-order valence-corrected chi connectivity index (χ1v) is 20.8. The van der Waals surface area contributed by atoms with Gasteiger partial charge in [0.2, 0.25) is 0 Å². The summed E-state index contributed by atoms with van der Waals surface area (Å²) >= 11 is -2.30. The standard InChI is InChI=1S/C14H18NO3.3C4H9.Sn/c1-17-13-9-5-8-12(13)15-14(16)18-10-11-6-3-2-4-7-11;3*1-3-4-2;/h2-4,6-7,12-13H,1,5,8-10H2,(H,15,16);3*1,3-4H2,2H3;. The first kappa shape index (κ1) is 26.5. The van der Waals surface area contributed by atoms with Crippen LogP contribution in [0.5, 0.6) is 0 Å². The maximum atomic E-state index is 12.4. The normalized spacial score (nSPS) is 18.8. The van der Waals surface area contributed by atoms with Crippen LogP contribution < -0.4 is 5.32 Å². The number of unbranched alkanes of at least 4 members (excludes halogenated alkanes) is 3. The molecule has 1 N–H and O–H groups in total. The molecule has 0 bridgehead atoms. The Bertz CT molecular complexity index is 588. The van der Waals surface area contributed by atoms with Crippen molar-refractivity contribution in [1.29, 1.82) is 0 Å². The van der Waals surface area contributed by atoms with Crippen molar-refractivity contribution < 1.29 is 14.3 Å². The van der Waals surface area contributed by atoms with Crippen LogP contribution in [0.3, 0.4) is 0 Å². The Kier molecular flexibility index (Phi) is 13.0. The minimum atomic E-state index is -2.30. The maximum absolute atomic E-state index is 12.4. The summed E-state index contributed by atoms with van der Waals surface area (Å²) < 4.78 is 17.6. The molecule has 0 aliphatic heterocycles. The van der Waals surface area contributed by atoms with Gasteiger partial charge in [0.05, 0.1) is 0 Å². The zero-order valence-electron chi connectivity index (χ0n) is 20.2. The van der Waals surface area contributed by atoms with E-state index in [1.807, 2.05) is 30.3 Å². The Morgan fingerprint density at radius 1 is 0.968 bits per heavy atom. The van der Waals surface area contributed by atoms with E-state index in [0.29, 0.717) is 6.61 Å². The molecule has 2 unspecified atom stereocenters. The van der Waals surface area contributed by atoms with Crippen LogP contribution in [0, 0.1) is 0 Å². The fourth-order valence-electron chi connectivity index (χ4n) is 4.74. The molecule has 0 radical (unpaired) electrons. The Morgan fingerprint density at radius 2 is 1.58 bits per heavy atom. The van der Waals surface area contributed by atoms with Gasteiger partial charge in [0.1, 0.15) is 0 Å². The van der Waals surface area contributed by atoms with Crippen LogP contribution in [0.1, 0.15) is 84.1 Å². The Labute approximate surface area is 194 Å². The summed E-state index contributed by atoms with van der Waals surface area (Å²) in [5, 5.41) is 3.10. The average molecular weight is 538 g/mol. The molecule has 1 aromatic rings. The summed E-state index contributed by atoms with van der Waals surface area (Å²) in [6, 6.07) is 9.94. The first-order valence-electron chi connectivity index (χ1n) is 12.7. The van der Waals surface area contributed by atoms with E-state index in [0.717, 1.165) is 29.4 Å². The molecule has 4 nitrogen and oxygen atoms in total. The van der Waals surface area contributed by atoms with E-state index in [1.54, 1.807) is 0 Å². The van der Waals surface area contributed by atoms with E-state index in [2.05, 4.69) is 26.1 Å². The van der Waals surface area contributed by atoms with E-state index < -0.39 is 18.4 Å². The molecule has 1 fully saturated rings. The van der Waals surface area contributed by atoms with Gasteiger partial charge in [-0.1, -0.05) is 0 Å². The summed E-state index contributed by atoms with van der Waals surface area (Å²) in [5.41, 5.74) is 1.01. The molecule has 0 aromatic heterocycles. The van der Waals surface area contributed by atoms with Gasteiger partial charge >= 0.3 is 195 Å². The summed E-state index contributed by atoms with van der Waals surface area (Å²) in [6.07, 6.45) is 11.0. The number of carbonyl (C=O) groups is 1. The average Bonchev–Trinajstić information content (AvgIpc) is 3.24. The van der Waals surface area contributed by atoms with Gasteiger partial charge in [0.25, 0.3) is 0 Å². The molecule has 1 saturated carbocycles. The summed E-state index contributed by atoms with van der Waals surface area (Å²) in [5.74, 6) is 0. The molecular weight excluding hydrogens is 493 g/mol. The van der Waals surface area contributed by atoms with Crippen LogP contribution in [0.2, 0.25) is 13.3 Å². The second-order valence-electron chi connectivity index (χ2n) is 9.40. The van der Waals surface area contributed by atoms with E-state index >= 15 is 0 Å². The van der Waals surface area contributed by atoms with E-state index in [1.165, 1.54) is 51.8 Å². The molecule has 2 rings (SSSR count). The van der Waals surface area contributed by atoms with Crippen molar-refractivity contribution in [2.75, 3.05) is 4.62 Å². The Balaban J connectivity index is 1.89. The minimum absolute atomic E-state index is 0.0933. The van der Waals surface area contributed by atoms with Crippen LogP contribution >= 0.6 is 0 Å². The van der Waals surface area contributed by atoms with E-state index in [-0.39, 0.29) is 18.2 Å². The van der Waals surface area contributed by atoms with Gasteiger partial charge in [0, 0.05) is 0 Å². The Hall–Kier alpha value is -0.751. The van der Waals surface area contributed by atoms with Crippen LogP contribution in [-0.4, -0.2) is 41.2 Å². The molecule has 5 heteroatoms. The summed E-state index contributed by atoms with van der Waals surface area (Å²) in [4.78, 5) is 12.4. The number of alkyl carbamates (subject to hydrolysis) is 1. The number of hydrogen-bond donors (Lipinski definition) is 1. The van der Waals surface area contributed by atoms with Crippen LogP contribution in [0.15, 0.2) is 30.3 Å². The van der Waals surface area contributed by atoms with Crippen LogP contribution in [0.4, 0.5) is 4.79 Å². The van der Waals surface area contributed by atoms with Crippen LogP contribution in [0.25, 0.3) is 0 Å². The Morgan fingerprint density at radius 3 is 2.16 bits per heavy atom. The molecule has 1 aromatic carbocycles. The molecular formula is C26H45NO3Sn. The molecule has 0 saturated heterocycles. The molecule has 31 heavy (non-hydrogen) atoms. The molecule has 0 heterocycles. The zero-order valence-corrected chi connectivity index (χ0v) is 23.0. The molecule has 2 atom stereocenters. The number of hydrogen-bond acceptors (Lipinski definition) is 3. The van der Waals surface area contributed by atoms with Gasteiger partial charge in [-0.3, -0.25) is 0 Å². The first-order chi connectivity index (χ1) is 15.1. The second kappa shape index (κ2) is 15.2. The van der Waals surface area contributed by atoms with Crippen molar-refractivity contribution in [3.05, 3.63) is 35.9 Å². The second-order valence-corrected chi connectivity index (χ2v) is 23.1. The zero-order chi connectivity index (χ0) is 22.4. The molecule has 1 amide bonds. The third kappa shape index (κ3) is 9.73. The molecule has 176 valence electrons. The van der Waals surface area contributed by atoms with Crippen molar-refractivity contribution in [2.45, 2.75) is 111 Å². The molecule has 0 spiro atoms. The van der Waals surface area contributed by atoms with Crippen molar-refractivity contribution >= 4 is 24.5 Å². The van der Waals surface area contributed by atoms with E-state index in [4.69, 9.17) is 9.47 Å². The summed E-state index contributed by atoms with van der Waals surface area (Å²) in [6.45, 7) is 7.26. The number of ether oxygens (including phenoxy) is 2. The van der Waals surface area contributed by atoms with Gasteiger partial charge in [-0.15, -0.1) is 0 Å². The van der Waals surface area contributed by atoms with Gasteiger partial charge < -0.3 is 0 Å². The van der Waals surface area contributed by atoms with Crippen LogP contribution in [-0.2, 0) is 16.1 Å². The van der Waals surface area contributed by atoms with Gasteiger partial charge in [-0.25, -0.2) is 0 Å². The quantitative estimate of drug-likeness (QED) is 0.240. The summed E-state index contributed by atoms with van der Waals surface area (Å²) in [7, 11) is 0. The monoisotopic (exact) mass is 539 g/mol. The fraction of sp³-hybridized carbons (Fsp3) is 0.731. The third-order valence-corrected chi connectivity index (χ3v) is 21.1. The van der Waals surface area contributed by atoms with Gasteiger partial charge in [0.15, 0.2) is 0 Å². The SMILES string of the molecule is CCC[CH2][Sn]([CH2]CCC)([CH2]CCC)[CH2]OC1CCCC1NC(=O)OCc1ccccc1. The number of rotatable bonds is 15. The number of carbonyl (C=O) groups excluding carboxylic acids is 1. The van der Waals surface area contributed by atoms with Crippen molar-refractivity contribution in [2.24, 2.45) is 0 Å². The number of benzene rings is 1. The molecule has 1 aliphatic carbocycles. The predicted octanol–water partition coefficient (Wildman–Crippen LogP) is 7.24. The number of amides is 1. The number of nitrogens with one attached hydrogen (secondary N) is 1. The molecule has 1 aliphatic rings. The fourth-order valence-corrected chi connectivity index (χ4v) is 19.2. The van der Waals surface area contributed by atoms with Gasteiger partial charge in [-0.2, -0.15) is 0 Å². The van der Waals surface area contributed by atoms with E-state index in [9.17, 15) is 4.79 Å². The van der Waals surface area contributed by atoms with Gasteiger partial charge in [-0.05, 0) is 0 Å². The predicted molar refractivity (Wildman–Crippen MR) is 132 cm³/mol. The topological polar surface area (TPSA) is 47.6 Å². The van der Waals surface area contributed by atoms with Crippen molar-refractivity contribution in [3.63, 3.8) is 0 Å². The van der Waals surface area contributed by atoms with Crippen molar-refractivity contribution in [1.82, 2.24) is 5.32 Å².